The molecule has 0 aromatic heterocycles. The zero-order valence-corrected chi connectivity index (χ0v) is 8.76. The molecule has 0 aromatic rings. The van der Waals surface area contributed by atoms with Crippen molar-refractivity contribution in [2.24, 2.45) is 0 Å². The summed E-state index contributed by atoms with van der Waals surface area (Å²) in [6, 6.07) is 0.268. The van der Waals surface area contributed by atoms with Gasteiger partial charge in [-0.25, -0.2) is 8.42 Å². The van der Waals surface area contributed by atoms with E-state index < -0.39 is 9.84 Å². The highest BCUT2D eigenvalue weighted by molar-refractivity contribution is 7.91. The molecule has 0 aromatic carbocycles. The summed E-state index contributed by atoms with van der Waals surface area (Å²) in [5.74, 6) is 0.521. The van der Waals surface area contributed by atoms with Crippen LogP contribution >= 0.6 is 0 Å². The Hall–Kier alpha value is -0.130. The van der Waals surface area contributed by atoms with Gasteiger partial charge in [0.2, 0.25) is 0 Å². The Kier molecular flexibility index (Phi) is 3.70. The number of β-amino-alcohol motifs (C(OH)–C–C–N with tert-alkyl or cyclic N) is 1. The first-order chi connectivity index (χ1) is 6.05. The van der Waals surface area contributed by atoms with Crippen LogP contribution in [0.5, 0.6) is 0 Å². The second-order valence-corrected chi connectivity index (χ2v) is 5.85. The molecule has 1 aliphatic heterocycles. The van der Waals surface area contributed by atoms with E-state index in [1.165, 1.54) is 0 Å². The minimum absolute atomic E-state index is 0.102. The summed E-state index contributed by atoms with van der Waals surface area (Å²) < 4.78 is 22.6. The minimum Gasteiger partial charge on any atom is -0.395 e. The van der Waals surface area contributed by atoms with Crippen molar-refractivity contribution in [2.45, 2.75) is 19.4 Å². The zero-order valence-electron chi connectivity index (χ0n) is 7.94. The molecule has 0 spiro atoms. The Balaban J connectivity index is 2.59. The molecule has 13 heavy (non-hydrogen) atoms. The first-order valence-electron chi connectivity index (χ1n) is 4.60. The molecule has 0 aliphatic carbocycles. The van der Waals surface area contributed by atoms with E-state index >= 15 is 0 Å². The van der Waals surface area contributed by atoms with E-state index in [0.29, 0.717) is 19.5 Å². The summed E-state index contributed by atoms with van der Waals surface area (Å²) in [6.07, 6.45) is 0.683. The second kappa shape index (κ2) is 4.39. The molecule has 1 atom stereocenters. The van der Waals surface area contributed by atoms with Gasteiger partial charge in [0, 0.05) is 19.1 Å². The fraction of sp³-hybridized carbons (Fsp3) is 1.00. The maximum Gasteiger partial charge on any atom is 0.151 e. The van der Waals surface area contributed by atoms with Gasteiger partial charge in [-0.3, -0.25) is 4.90 Å². The molecule has 0 radical (unpaired) electrons. The summed E-state index contributed by atoms with van der Waals surface area (Å²) >= 11 is 0. The lowest BCUT2D eigenvalue weighted by Crippen LogP contribution is -2.36. The van der Waals surface area contributed by atoms with Gasteiger partial charge in [-0.15, -0.1) is 0 Å². The maximum atomic E-state index is 11.3. The van der Waals surface area contributed by atoms with Crippen LogP contribution < -0.4 is 0 Å². The lowest BCUT2D eigenvalue weighted by molar-refractivity contribution is 0.166. The van der Waals surface area contributed by atoms with Gasteiger partial charge < -0.3 is 5.11 Å². The standard InChI is InChI=1S/C8H17NO3S/c1-8-2-6-13(11,12)7-4-9(8)3-5-10/h8,10H,2-7H2,1H3. The van der Waals surface area contributed by atoms with Gasteiger partial charge in [0.1, 0.15) is 0 Å². The lowest BCUT2D eigenvalue weighted by Gasteiger charge is -2.24. The van der Waals surface area contributed by atoms with Gasteiger partial charge in [0.25, 0.3) is 0 Å². The number of hydrogen-bond donors (Lipinski definition) is 1. The Morgan fingerprint density at radius 1 is 1.46 bits per heavy atom. The van der Waals surface area contributed by atoms with Crippen molar-refractivity contribution in [1.82, 2.24) is 4.90 Å². The minimum atomic E-state index is -2.83. The van der Waals surface area contributed by atoms with Crippen molar-refractivity contribution in [1.29, 1.82) is 0 Å². The topological polar surface area (TPSA) is 57.6 Å². The van der Waals surface area contributed by atoms with Gasteiger partial charge in [0.15, 0.2) is 9.84 Å². The summed E-state index contributed by atoms with van der Waals surface area (Å²) in [5, 5.41) is 8.77. The number of aliphatic hydroxyl groups excluding tert-OH is 1. The van der Waals surface area contributed by atoms with Gasteiger partial charge in [0.05, 0.1) is 18.1 Å². The van der Waals surface area contributed by atoms with Crippen LogP contribution in [0.4, 0.5) is 0 Å². The number of rotatable bonds is 2. The molecule has 0 saturated carbocycles. The normalized spacial score (nSPS) is 29.8. The number of aliphatic hydroxyl groups is 1. The van der Waals surface area contributed by atoms with Crippen LogP contribution in [0.1, 0.15) is 13.3 Å². The molecule has 1 unspecified atom stereocenters. The number of sulfone groups is 1. The lowest BCUT2D eigenvalue weighted by atomic mass is 10.2. The number of nitrogens with zero attached hydrogens (tertiary/aromatic N) is 1. The Bertz CT molecular complexity index is 250. The molecule has 1 aliphatic rings. The smallest absolute Gasteiger partial charge is 0.151 e. The van der Waals surface area contributed by atoms with E-state index in [2.05, 4.69) is 0 Å². The Morgan fingerprint density at radius 3 is 2.77 bits per heavy atom. The zero-order chi connectivity index (χ0) is 9.90. The van der Waals surface area contributed by atoms with Crippen LogP contribution in [0.3, 0.4) is 0 Å². The summed E-state index contributed by atoms with van der Waals surface area (Å²) in [6.45, 7) is 3.25. The molecule has 4 nitrogen and oxygen atoms in total. The van der Waals surface area contributed by atoms with Crippen molar-refractivity contribution >= 4 is 9.84 Å². The second-order valence-electron chi connectivity index (χ2n) is 3.55. The Morgan fingerprint density at radius 2 is 2.15 bits per heavy atom. The van der Waals surface area contributed by atoms with E-state index in [-0.39, 0.29) is 24.2 Å². The van der Waals surface area contributed by atoms with Gasteiger partial charge in [-0.05, 0) is 13.3 Å². The van der Waals surface area contributed by atoms with Gasteiger partial charge in [-0.1, -0.05) is 0 Å². The van der Waals surface area contributed by atoms with Crippen LogP contribution in [0.25, 0.3) is 0 Å². The molecule has 0 bridgehead atoms. The van der Waals surface area contributed by atoms with Gasteiger partial charge in [-0.2, -0.15) is 0 Å². The van der Waals surface area contributed by atoms with Gasteiger partial charge >= 0.3 is 0 Å². The highest BCUT2D eigenvalue weighted by Crippen LogP contribution is 2.11. The average Bonchev–Trinajstić information content (AvgIpc) is 2.18. The molecule has 1 N–H and O–H groups in total. The molecular weight excluding hydrogens is 190 g/mol. The average molecular weight is 207 g/mol. The van der Waals surface area contributed by atoms with Crippen LogP contribution in [0.2, 0.25) is 0 Å². The first kappa shape index (κ1) is 10.9. The molecule has 1 rings (SSSR count). The monoisotopic (exact) mass is 207 g/mol. The van der Waals surface area contributed by atoms with Crippen LogP contribution in [-0.2, 0) is 9.84 Å². The van der Waals surface area contributed by atoms with E-state index in [1.807, 2.05) is 11.8 Å². The maximum absolute atomic E-state index is 11.3. The largest absolute Gasteiger partial charge is 0.395 e. The third-order valence-corrected chi connectivity index (χ3v) is 4.21. The van der Waals surface area contributed by atoms with Crippen molar-refractivity contribution < 1.29 is 13.5 Å². The van der Waals surface area contributed by atoms with Crippen molar-refractivity contribution in [3.63, 3.8) is 0 Å². The van der Waals surface area contributed by atoms with E-state index in [1.54, 1.807) is 0 Å². The number of hydrogen-bond acceptors (Lipinski definition) is 4. The highest BCUT2D eigenvalue weighted by atomic mass is 32.2. The van der Waals surface area contributed by atoms with Crippen LogP contribution in [0.15, 0.2) is 0 Å². The molecular formula is C8H17NO3S. The van der Waals surface area contributed by atoms with Crippen LogP contribution in [0, 0.1) is 0 Å². The molecule has 1 saturated heterocycles. The Labute approximate surface area is 79.5 Å². The van der Waals surface area contributed by atoms with E-state index in [9.17, 15) is 8.42 Å². The molecule has 0 amide bonds. The van der Waals surface area contributed by atoms with E-state index in [0.717, 1.165) is 0 Å². The fourth-order valence-corrected chi connectivity index (χ4v) is 2.99. The van der Waals surface area contributed by atoms with Crippen molar-refractivity contribution in [3.8, 4) is 0 Å². The molecule has 1 fully saturated rings. The molecule has 5 heteroatoms. The molecule has 78 valence electrons. The summed E-state index contributed by atoms with van der Waals surface area (Å²) in [4.78, 5) is 2.03. The summed E-state index contributed by atoms with van der Waals surface area (Å²) in [7, 11) is -2.83. The predicted octanol–water partition coefficient (Wildman–Crippen LogP) is -0.512. The summed E-state index contributed by atoms with van der Waals surface area (Å²) in [5.41, 5.74) is 0. The third kappa shape index (κ3) is 3.25. The predicted molar refractivity (Wildman–Crippen MR) is 51.4 cm³/mol. The fourth-order valence-electron chi connectivity index (χ4n) is 1.57. The molecule has 1 heterocycles. The first-order valence-corrected chi connectivity index (χ1v) is 6.42. The quantitative estimate of drug-likeness (QED) is 0.662. The van der Waals surface area contributed by atoms with Crippen molar-refractivity contribution in [3.05, 3.63) is 0 Å². The third-order valence-electron chi connectivity index (χ3n) is 2.55. The van der Waals surface area contributed by atoms with Crippen LogP contribution in [-0.4, -0.2) is 55.7 Å². The van der Waals surface area contributed by atoms with E-state index in [4.69, 9.17) is 5.11 Å². The highest BCUT2D eigenvalue weighted by Gasteiger charge is 2.23. The van der Waals surface area contributed by atoms with Crippen molar-refractivity contribution in [2.75, 3.05) is 31.2 Å². The SMILES string of the molecule is CC1CCS(=O)(=O)CCN1CCO.